The Bertz CT molecular complexity index is 632. The fourth-order valence-electron chi connectivity index (χ4n) is 1.94. The Morgan fingerprint density at radius 3 is 2.35 bits per heavy atom. The van der Waals surface area contributed by atoms with Crippen LogP contribution in [-0.2, 0) is 4.79 Å². The highest BCUT2D eigenvalue weighted by Gasteiger charge is 1.99. The first-order chi connectivity index (χ1) is 11.1. The fraction of sp³-hybridized carbons (Fsp3) is 0.250. The summed E-state index contributed by atoms with van der Waals surface area (Å²) in [6.07, 6.45) is 5.49. The van der Waals surface area contributed by atoms with Crippen LogP contribution in [0.1, 0.15) is 37.8 Å². The van der Waals surface area contributed by atoms with Crippen LogP contribution in [-0.4, -0.2) is 5.91 Å². The van der Waals surface area contributed by atoms with Gasteiger partial charge in [0.05, 0.1) is 0 Å². The molecule has 2 nitrogen and oxygen atoms in total. The molecule has 0 spiro atoms. The normalized spacial score (nSPS) is 10.1. The van der Waals surface area contributed by atoms with Crippen molar-refractivity contribution in [1.82, 2.24) is 0 Å². The summed E-state index contributed by atoms with van der Waals surface area (Å²) < 4.78 is 12.5. The number of aryl methyl sites for hydroxylation is 1. The van der Waals surface area contributed by atoms with E-state index in [2.05, 4.69) is 48.7 Å². The van der Waals surface area contributed by atoms with Crippen LogP contribution in [0.2, 0.25) is 0 Å². The van der Waals surface area contributed by atoms with Crippen LogP contribution in [0.25, 0.3) is 6.08 Å². The highest BCUT2D eigenvalue weighted by atomic mass is 19.1. The molecule has 0 unspecified atom stereocenters. The van der Waals surface area contributed by atoms with E-state index in [-0.39, 0.29) is 11.7 Å². The van der Waals surface area contributed by atoms with E-state index in [1.807, 2.05) is 13.8 Å². The van der Waals surface area contributed by atoms with Crippen molar-refractivity contribution in [2.24, 2.45) is 0 Å². The summed E-state index contributed by atoms with van der Waals surface area (Å²) in [4.78, 5) is 11.1. The van der Waals surface area contributed by atoms with E-state index < -0.39 is 0 Å². The minimum Gasteiger partial charge on any atom is -0.326 e. The smallest absolute Gasteiger partial charge is 0.224 e. The van der Waals surface area contributed by atoms with Crippen LogP contribution in [0, 0.1) is 12.7 Å². The van der Waals surface area contributed by atoms with Crippen molar-refractivity contribution in [2.45, 2.75) is 33.6 Å². The maximum absolute atomic E-state index is 12.5. The van der Waals surface area contributed by atoms with Crippen molar-refractivity contribution in [3.63, 3.8) is 0 Å². The molecule has 23 heavy (non-hydrogen) atoms. The Morgan fingerprint density at radius 1 is 1.13 bits per heavy atom. The van der Waals surface area contributed by atoms with E-state index in [1.165, 1.54) is 23.3 Å². The summed E-state index contributed by atoms with van der Waals surface area (Å²) in [5, 5.41) is 2.66. The molecule has 2 aromatic carbocycles. The molecule has 3 heteroatoms. The van der Waals surface area contributed by atoms with Gasteiger partial charge in [0, 0.05) is 12.1 Å². The number of carbonyl (C=O) groups is 1. The van der Waals surface area contributed by atoms with Crippen LogP contribution in [0.4, 0.5) is 10.1 Å². The average Bonchev–Trinajstić information content (AvgIpc) is 2.53. The summed E-state index contributed by atoms with van der Waals surface area (Å²) in [5.41, 5.74) is 3.28. The van der Waals surface area contributed by atoms with Crippen LogP contribution in [0.15, 0.2) is 54.6 Å². The van der Waals surface area contributed by atoms with Gasteiger partial charge in [-0.1, -0.05) is 43.3 Å². The maximum atomic E-state index is 12.5. The van der Waals surface area contributed by atoms with Crippen LogP contribution in [0.3, 0.4) is 0 Å². The predicted octanol–water partition coefficient (Wildman–Crippen LogP) is 5.59. The lowest BCUT2D eigenvalue weighted by Gasteiger charge is -2.02. The van der Waals surface area contributed by atoms with Gasteiger partial charge in [-0.15, -0.1) is 0 Å². The van der Waals surface area contributed by atoms with Gasteiger partial charge in [0.15, 0.2) is 0 Å². The van der Waals surface area contributed by atoms with Gasteiger partial charge in [-0.05, 0) is 55.7 Å². The molecule has 0 fully saturated rings. The lowest BCUT2D eigenvalue weighted by Crippen LogP contribution is -2.10. The lowest BCUT2D eigenvalue weighted by molar-refractivity contribution is -0.116. The van der Waals surface area contributed by atoms with E-state index in [9.17, 15) is 9.18 Å². The zero-order chi connectivity index (χ0) is 17.1. The van der Waals surface area contributed by atoms with Gasteiger partial charge in [0.2, 0.25) is 5.91 Å². The summed E-state index contributed by atoms with van der Waals surface area (Å²) >= 11 is 0. The van der Waals surface area contributed by atoms with E-state index in [0.29, 0.717) is 12.1 Å². The second kappa shape index (κ2) is 10.3. The number of carbonyl (C=O) groups excluding carboxylic acids is 1. The Labute approximate surface area is 138 Å². The predicted molar refractivity (Wildman–Crippen MR) is 95.8 cm³/mol. The van der Waals surface area contributed by atoms with E-state index in [4.69, 9.17) is 0 Å². The molecule has 122 valence electrons. The average molecular weight is 313 g/mol. The second-order valence-electron chi connectivity index (χ2n) is 5.16. The number of allylic oxidation sites excluding steroid dienone is 1. The summed E-state index contributed by atoms with van der Waals surface area (Å²) in [6, 6.07) is 14.1. The van der Waals surface area contributed by atoms with Crippen molar-refractivity contribution >= 4 is 17.7 Å². The highest BCUT2D eigenvalue weighted by Crippen LogP contribution is 2.09. The van der Waals surface area contributed by atoms with Gasteiger partial charge >= 0.3 is 0 Å². The van der Waals surface area contributed by atoms with E-state index in [0.717, 1.165) is 6.42 Å². The molecule has 0 saturated heterocycles. The molecule has 1 amide bonds. The molecule has 2 aromatic rings. The quantitative estimate of drug-likeness (QED) is 0.783. The molecule has 1 N–H and O–H groups in total. The molecular weight excluding hydrogens is 289 g/mol. The van der Waals surface area contributed by atoms with Crippen molar-refractivity contribution in [3.8, 4) is 0 Å². The number of anilines is 1. The monoisotopic (exact) mass is 313 g/mol. The third kappa shape index (κ3) is 7.41. The van der Waals surface area contributed by atoms with Gasteiger partial charge in [-0.3, -0.25) is 4.79 Å². The molecule has 0 saturated carbocycles. The Kier molecular flexibility index (Phi) is 8.37. The third-order valence-electron chi connectivity index (χ3n) is 3.14. The van der Waals surface area contributed by atoms with E-state index in [1.54, 1.807) is 12.1 Å². The third-order valence-corrected chi connectivity index (χ3v) is 3.14. The van der Waals surface area contributed by atoms with Crippen molar-refractivity contribution in [1.29, 1.82) is 0 Å². The molecule has 2 rings (SSSR count). The molecule has 0 aliphatic rings. The van der Waals surface area contributed by atoms with Gasteiger partial charge in [-0.25, -0.2) is 4.39 Å². The first kappa shape index (κ1) is 18.6. The van der Waals surface area contributed by atoms with Crippen LogP contribution >= 0.6 is 0 Å². The standard InChI is InChI=1S/C10H12FNO.C10H12/c1-2-3-10(13)12-9-6-4-8(11)5-7-9;1-3-6-10-8-5-4-7-9(10)2/h4-7H,2-3H2,1H3,(H,12,13);3-8H,1-2H3/b;6-3-. The zero-order valence-corrected chi connectivity index (χ0v) is 14.0. The van der Waals surface area contributed by atoms with Crippen molar-refractivity contribution < 1.29 is 9.18 Å². The molecule has 0 radical (unpaired) electrons. The largest absolute Gasteiger partial charge is 0.326 e. The maximum Gasteiger partial charge on any atom is 0.224 e. The molecule has 0 heterocycles. The minimum absolute atomic E-state index is 0.0332. The minimum atomic E-state index is -0.298. The number of hydrogen-bond acceptors (Lipinski definition) is 1. The van der Waals surface area contributed by atoms with Crippen molar-refractivity contribution in [3.05, 3.63) is 71.6 Å². The van der Waals surface area contributed by atoms with Crippen LogP contribution in [0.5, 0.6) is 0 Å². The number of halogens is 1. The Morgan fingerprint density at radius 2 is 1.78 bits per heavy atom. The number of rotatable bonds is 4. The van der Waals surface area contributed by atoms with Gasteiger partial charge in [-0.2, -0.15) is 0 Å². The Hall–Kier alpha value is -2.42. The number of amides is 1. The van der Waals surface area contributed by atoms with Crippen LogP contribution < -0.4 is 5.32 Å². The van der Waals surface area contributed by atoms with Gasteiger partial charge < -0.3 is 5.32 Å². The second-order valence-corrected chi connectivity index (χ2v) is 5.16. The first-order valence-electron chi connectivity index (χ1n) is 7.80. The number of benzene rings is 2. The molecule has 0 aromatic heterocycles. The molecule has 0 aliphatic heterocycles. The van der Waals surface area contributed by atoms with E-state index >= 15 is 0 Å². The van der Waals surface area contributed by atoms with Gasteiger partial charge in [0.25, 0.3) is 0 Å². The molecule has 0 aliphatic carbocycles. The summed E-state index contributed by atoms with van der Waals surface area (Å²) in [5.74, 6) is -0.331. The first-order valence-corrected chi connectivity index (χ1v) is 7.80. The number of nitrogens with one attached hydrogen (secondary N) is 1. The SMILES string of the molecule is C/C=C\c1ccccc1C.CCCC(=O)Nc1ccc(F)cc1. The fourth-order valence-corrected chi connectivity index (χ4v) is 1.94. The molecular formula is C20H24FNO. The number of hydrogen-bond donors (Lipinski definition) is 1. The lowest BCUT2D eigenvalue weighted by atomic mass is 10.1. The zero-order valence-electron chi connectivity index (χ0n) is 14.0. The summed E-state index contributed by atoms with van der Waals surface area (Å²) in [7, 11) is 0. The Balaban J connectivity index is 0.000000238. The topological polar surface area (TPSA) is 29.1 Å². The van der Waals surface area contributed by atoms with Gasteiger partial charge in [0.1, 0.15) is 5.82 Å². The summed E-state index contributed by atoms with van der Waals surface area (Å²) in [6.45, 7) is 6.09. The molecule has 0 bridgehead atoms. The highest BCUT2D eigenvalue weighted by molar-refractivity contribution is 5.90. The van der Waals surface area contributed by atoms with Crippen molar-refractivity contribution in [2.75, 3.05) is 5.32 Å². The molecule has 0 atom stereocenters.